The molecule has 4 heteroatoms. The summed E-state index contributed by atoms with van der Waals surface area (Å²) >= 11 is 0. The van der Waals surface area contributed by atoms with E-state index in [0.717, 1.165) is 19.3 Å². The first kappa shape index (κ1) is 11.3. The Balaban J connectivity index is 1.82. The quantitative estimate of drug-likeness (QED) is 0.724. The summed E-state index contributed by atoms with van der Waals surface area (Å²) in [5.74, 6) is 0.410. The second-order valence-electron chi connectivity index (χ2n) is 4.52. The molecule has 4 nitrogen and oxygen atoms in total. The van der Waals surface area contributed by atoms with Crippen LogP contribution in [0.15, 0.2) is 0 Å². The predicted octanol–water partition coefficient (Wildman–Crippen LogP) is 0.660. The van der Waals surface area contributed by atoms with Gasteiger partial charge >= 0.3 is 0 Å². The normalized spacial score (nSPS) is 41.8. The Kier molecular flexibility index (Phi) is 3.61. The van der Waals surface area contributed by atoms with E-state index in [4.69, 9.17) is 14.6 Å². The van der Waals surface area contributed by atoms with E-state index in [1.54, 1.807) is 0 Å². The smallest absolute Gasteiger partial charge is 0.161 e. The van der Waals surface area contributed by atoms with Crippen LogP contribution >= 0.6 is 0 Å². The largest absolute Gasteiger partial charge is 0.396 e. The molecule has 2 heterocycles. The molecule has 0 bridgehead atoms. The van der Waals surface area contributed by atoms with E-state index in [-0.39, 0.29) is 31.2 Å². The van der Waals surface area contributed by atoms with E-state index in [1.807, 2.05) is 6.92 Å². The van der Waals surface area contributed by atoms with E-state index in [1.165, 1.54) is 0 Å². The molecule has 0 aromatic heterocycles. The highest BCUT2D eigenvalue weighted by molar-refractivity contribution is 4.88. The fourth-order valence-electron chi connectivity index (χ4n) is 2.52. The number of aliphatic hydroxyl groups excluding tert-OH is 2. The Bertz CT molecular complexity index is 195. The predicted molar refractivity (Wildman–Crippen MR) is 54.3 cm³/mol. The standard InChI is InChI=1S/C11H20O4/c1-2-9(13)10-6-7-5-8(3-4-12)14-11(7)15-10/h7-13H,2-6H2,1H3/t7-,8+,9+,10+,11+/m1/s1. The summed E-state index contributed by atoms with van der Waals surface area (Å²) in [4.78, 5) is 0. The van der Waals surface area contributed by atoms with Crippen molar-refractivity contribution in [3.8, 4) is 0 Å². The minimum Gasteiger partial charge on any atom is -0.396 e. The molecule has 0 spiro atoms. The molecule has 2 aliphatic rings. The maximum atomic E-state index is 9.66. The Labute approximate surface area is 90.2 Å². The van der Waals surface area contributed by atoms with E-state index < -0.39 is 0 Å². The summed E-state index contributed by atoms with van der Waals surface area (Å²) in [6.07, 6.45) is 2.84. The number of hydrogen-bond donors (Lipinski definition) is 2. The third kappa shape index (κ3) is 2.33. The fraction of sp³-hybridized carbons (Fsp3) is 1.00. The highest BCUT2D eigenvalue weighted by Crippen LogP contribution is 2.40. The Morgan fingerprint density at radius 2 is 2.13 bits per heavy atom. The molecule has 0 aromatic carbocycles. The van der Waals surface area contributed by atoms with Crippen molar-refractivity contribution in [3.63, 3.8) is 0 Å². The van der Waals surface area contributed by atoms with Crippen molar-refractivity contribution in [2.75, 3.05) is 6.61 Å². The Morgan fingerprint density at radius 1 is 1.33 bits per heavy atom. The molecule has 2 fully saturated rings. The SMILES string of the molecule is CC[C@H](O)[C@@H]1C[C@H]2C[C@H](CCO)O[C@H]2O1. The number of aliphatic hydroxyl groups is 2. The van der Waals surface area contributed by atoms with Crippen molar-refractivity contribution in [2.45, 2.75) is 57.2 Å². The molecular weight excluding hydrogens is 196 g/mol. The average molecular weight is 216 g/mol. The highest BCUT2D eigenvalue weighted by Gasteiger charge is 2.45. The molecule has 2 aliphatic heterocycles. The summed E-state index contributed by atoms with van der Waals surface area (Å²) in [5, 5.41) is 18.5. The number of rotatable bonds is 4. The van der Waals surface area contributed by atoms with Crippen LogP contribution < -0.4 is 0 Å². The van der Waals surface area contributed by atoms with Crippen LogP contribution in [0, 0.1) is 5.92 Å². The zero-order chi connectivity index (χ0) is 10.8. The molecule has 2 N–H and O–H groups in total. The molecule has 0 unspecified atom stereocenters. The molecule has 15 heavy (non-hydrogen) atoms. The molecule has 2 rings (SSSR count). The van der Waals surface area contributed by atoms with Gasteiger partial charge in [-0.15, -0.1) is 0 Å². The van der Waals surface area contributed by atoms with E-state index >= 15 is 0 Å². The summed E-state index contributed by atoms with van der Waals surface area (Å²) in [6, 6.07) is 0. The van der Waals surface area contributed by atoms with Crippen LogP contribution in [-0.4, -0.2) is 41.4 Å². The van der Waals surface area contributed by atoms with Crippen molar-refractivity contribution >= 4 is 0 Å². The molecular formula is C11H20O4. The molecule has 0 radical (unpaired) electrons. The molecule has 2 saturated heterocycles. The van der Waals surface area contributed by atoms with Gasteiger partial charge in [-0.1, -0.05) is 6.92 Å². The van der Waals surface area contributed by atoms with Crippen molar-refractivity contribution in [2.24, 2.45) is 5.92 Å². The topological polar surface area (TPSA) is 58.9 Å². The van der Waals surface area contributed by atoms with Crippen LogP contribution in [0.1, 0.15) is 32.6 Å². The zero-order valence-electron chi connectivity index (χ0n) is 9.13. The maximum absolute atomic E-state index is 9.66. The highest BCUT2D eigenvalue weighted by atomic mass is 16.7. The van der Waals surface area contributed by atoms with Gasteiger partial charge in [0.15, 0.2) is 6.29 Å². The van der Waals surface area contributed by atoms with Crippen LogP contribution in [-0.2, 0) is 9.47 Å². The third-order valence-electron chi connectivity index (χ3n) is 3.42. The van der Waals surface area contributed by atoms with Gasteiger partial charge in [0.2, 0.25) is 0 Å². The maximum Gasteiger partial charge on any atom is 0.161 e. The van der Waals surface area contributed by atoms with Crippen molar-refractivity contribution in [1.82, 2.24) is 0 Å². The summed E-state index contributed by atoms with van der Waals surface area (Å²) in [6.45, 7) is 2.13. The second kappa shape index (κ2) is 4.78. The van der Waals surface area contributed by atoms with Crippen molar-refractivity contribution < 1.29 is 19.7 Å². The lowest BCUT2D eigenvalue weighted by Crippen LogP contribution is -2.27. The van der Waals surface area contributed by atoms with E-state index in [0.29, 0.717) is 12.3 Å². The molecule has 0 amide bonds. The summed E-state index contributed by atoms with van der Waals surface area (Å²) < 4.78 is 11.3. The van der Waals surface area contributed by atoms with Crippen LogP contribution in [0.4, 0.5) is 0 Å². The van der Waals surface area contributed by atoms with Gasteiger partial charge in [0, 0.05) is 12.5 Å². The van der Waals surface area contributed by atoms with Crippen LogP contribution in [0.2, 0.25) is 0 Å². The number of fused-ring (bicyclic) bond motifs is 1. The van der Waals surface area contributed by atoms with Gasteiger partial charge in [0.05, 0.1) is 18.3 Å². The van der Waals surface area contributed by atoms with Crippen LogP contribution in [0.25, 0.3) is 0 Å². The molecule has 5 atom stereocenters. The van der Waals surface area contributed by atoms with Gasteiger partial charge in [-0.2, -0.15) is 0 Å². The molecule has 88 valence electrons. The fourth-order valence-corrected chi connectivity index (χ4v) is 2.52. The van der Waals surface area contributed by atoms with Gasteiger partial charge in [-0.3, -0.25) is 0 Å². The minimum absolute atomic E-state index is 0.0555. The molecule has 0 saturated carbocycles. The van der Waals surface area contributed by atoms with Gasteiger partial charge < -0.3 is 19.7 Å². The van der Waals surface area contributed by atoms with Crippen LogP contribution in [0.3, 0.4) is 0 Å². The summed E-state index contributed by atoms with van der Waals surface area (Å²) in [7, 11) is 0. The minimum atomic E-state index is -0.365. The van der Waals surface area contributed by atoms with Crippen molar-refractivity contribution in [1.29, 1.82) is 0 Å². The zero-order valence-corrected chi connectivity index (χ0v) is 9.13. The second-order valence-corrected chi connectivity index (χ2v) is 4.52. The van der Waals surface area contributed by atoms with Crippen LogP contribution in [0.5, 0.6) is 0 Å². The lowest BCUT2D eigenvalue weighted by molar-refractivity contribution is -0.159. The third-order valence-corrected chi connectivity index (χ3v) is 3.42. The molecule has 0 aliphatic carbocycles. The van der Waals surface area contributed by atoms with Gasteiger partial charge in [-0.05, 0) is 25.7 Å². The first-order chi connectivity index (χ1) is 7.24. The first-order valence-electron chi connectivity index (χ1n) is 5.84. The average Bonchev–Trinajstić information content (AvgIpc) is 2.74. The summed E-state index contributed by atoms with van der Waals surface area (Å²) in [5.41, 5.74) is 0. The van der Waals surface area contributed by atoms with Crippen molar-refractivity contribution in [3.05, 3.63) is 0 Å². The number of hydrogen-bond acceptors (Lipinski definition) is 4. The Morgan fingerprint density at radius 3 is 2.73 bits per heavy atom. The lowest BCUT2D eigenvalue weighted by Gasteiger charge is -2.19. The monoisotopic (exact) mass is 216 g/mol. The van der Waals surface area contributed by atoms with Gasteiger partial charge in [0.1, 0.15) is 0 Å². The van der Waals surface area contributed by atoms with Gasteiger partial charge in [-0.25, -0.2) is 0 Å². The van der Waals surface area contributed by atoms with Gasteiger partial charge in [0.25, 0.3) is 0 Å². The lowest BCUT2D eigenvalue weighted by atomic mass is 9.96. The number of ether oxygens (including phenoxy) is 2. The van der Waals surface area contributed by atoms with E-state index in [9.17, 15) is 5.11 Å². The first-order valence-corrected chi connectivity index (χ1v) is 5.84. The molecule has 0 aromatic rings. The van der Waals surface area contributed by atoms with E-state index in [2.05, 4.69) is 0 Å². The Hall–Kier alpha value is -0.160.